The number of fused-ring (bicyclic) bond motifs is 1. The van der Waals surface area contributed by atoms with Crippen molar-refractivity contribution in [2.75, 3.05) is 0 Å². The number of hydrogen-bond donors (Lipinski definition) is 3. The first-order chi connectivity index (χ1) is 7.09. The minimum Gasteiger partial charge on any atom is -0.506 e. The Balaban J connectivity index is 2.85. The lowest BCUT2D eigenvalue weighted by Gasteiger charge is -2.02. The number of carbonyl (C=O) groups is 1. The first kappa shape index (κ1) is 9.20. The molecular formula is C9H6N2O4. The van der Waals surface area contributed by atoms with Crippen LogP contribution < -0.4 is 0 Å². The maximum Gasteiger partial charge on any atom is 0.374 e. The average molecular weight is 206 g/mol. The highest BCUT2D eigenvalue weighted by molar-refractivity contribution is 5.92. The number of carboxylic acid groups (broad SMARTS) is 1. The summed E-state index contributed by atoms with van der Waals surface area (Å²) in [6, 6.07) is 4.33. The molecule has 0 saturated carbocycles. The molecule has 1 aromatic carbocycles. The van der Waals surface area contributed by atoms with Crippen LogP contribution in [0.5, 0.6) is 11.6 Å². The Morgan fingerprint density at radius 2 is 1.93 bits per heavy atom. The molecule has 76 valence electrons. The quantitative estimate of drug-likeness (QED) is 0.635. The van der Waals surface area contributed by atoms with Gasteiger partial charge in [0, 0.05) is 0 Å². The van der Waals surface area contributed by atoms with Crippen molar-refractivity contribution in [2.24, 2.45) is 0 Å². The third-order valence-electron chi connectivity index (χ3n) is 1.88. The minimum atomic E-state index is -1.37. The molecule has 3 N–H and O–H groups in total. The Kier molecular flexibility index (Phi) is 1.89. The van der Waals surface area contributed by atoms with Crippen LogP contribution in [0.1, 0.15) is 10.6 Å². The number of aromatic nitrogens is 2. The molecule has 2 rings (SSSR count). The third kappa shape index (κ3) is 1.41. The molecule has 1 heterocycles. The molecule has 2 aromatic rings. The van der Waals surface area contributed by atoms with E-state index in [0.29, 0.717) is 0 Å². The van der Waals surface area contributed by atoms with E-state index in [9.17, 15) is 15.0 Å². The Labute approximate surface area is 83.5 Å². The number of aromatic hydroxyl groups is 2. The highest BCUT2D eigenvalue weighted by Crippen LogP contribution is 2.27. The SMILES string of the molecule is O=C(O)c1nc(O)c2cccc(O)c2n1. The van der Waals surface area contributed by atoms with Gasteiger partial charge in [-0.05, 0) is 12.1 Å². The summed E-state index contributed by atoms with van der Waals surface area (Å²) >= 11 is 0. The zero-order valence-electron chi connectivity index (χ0n) is 7.38. The molecule has 0 atom stereocenters. The number of benzene rings is 1. The van der Waals surface area contributed by atoms with Gasteiger partial charge in [0.15, 0.2) is 0 Å². The van der Waals surface area contributed by atoms with Crippen LogP contribution in [0.4, 0.5) is 0 Å². The second kappa shape index (κ2) is 3.09. The molecule has 0 fully saturated rings. The first-order valence-corrected chi connectivity index (χ1v) is 4.01. The second-order valence-electron chi connectivity index (χ2n) is 2.85. The van der Waals surface area contributed by atoms with Gasteiger partial charge in [-0.25, -0.2) is 9.78 Å². The predicted molar refractivity (Wildman–Crippen MR) is 49.8 cm³/mol. The van der Waals surface area contributed by atoms with Crippen LogP contribution in [0, 0.1) is 0 Å². The lowest BCUT2D eigenvalue weighted by Crippen LogP contribution is -2.04. The third-order valence-corrected chi connectivity index (χ3v) is 1.88. The molecule has 6 nitrogen and oxygen atoms in total. The van der Waals surface area contributed by atoms with Gasteiger partial charge in [-0.15, -0.1) is 0 Å². The van der Waals surface area contributed by atoms with Crippen molar-refractivity contribution in [1.29, 1.82) is 0 Å². The van der Waals surface area contributed by atoms with Gasteiger partial charge < -0.3 is 15.3 Å². The number of rotatable bonds is 1. The van der Waals surface area contributed by atoms with Crippen molar-refractivity contribution in [1.82, 2.24) is 9.97 Å². The molecule has 0 amide bonds. The minimum absolute atomic E-state index is 0.0161. The Morgan fingerprint density at radius 1 is 1.20 bits per heavy atom. The van der Waals surface area contributed by atoms with Gasteiger partial charge >= 0.3 is 5.97 Å². The summed E-state index contributed by atoms with van der Waals surface area (Å²) in [5, 5.41) is 27.7. The van der Waals surface area contributed by atoms with E-state index < -0.39 is 17.7 Å². The zero-order chi connectivity index (χ0) is 11.0. The van der Waals surface area contributed by atoms with Crippen molar-refractivity contribution in [3.05, 3.63) is 24.0 Å². The molecule has 0 bridgehead atoms. The second-order valence-corrected chi connectivity index (χ2v) is 2.85. The zero-order valence-corrected chi connectivity index (χ0v) is 7.38. The average Bonchev–Trinajstić information content (AvgIpc) is 2.19. The summed E-state index contributed by atoms with van der Waals surface area (Å²) in [5.41, 5.74) is 0.0161. The summed E-state index contributed by atoms with van der Waals surface area (Å²) in [7, 11) is 0. The molecule has 0 aliphatic rings. The van der Waals surface area contributed by atoms with E-state index in [-0.39, 0.29) is 16.7 Å². The number of aromatic carboxylic acids is 1. The molecule has 0 aliphatic heterocycles. The lowest BCUT2D eigenvalue weighted by atomic mass is 10.2. The van der Waals surface area contributed by atoms with Crippen molar-refractivity contribution in [2.45, 2.75) is 0 Å². The monoisotopic (exact) mass is 206 g/mol. The number of phenolic OH excluding ortho intramolecular Hbond substituents is 1. The molecule has 0 saturated heterocycles. The molecule has 0 aliphatic carbocycles. The van der Waals surface area contributed by atoms with Gasteiger partial charge in [0.05, 0.1) is 5.39 Å². The molecule has 15 heavy (non-hydrogen) atoms. The Hall–Kier alpha value is -2.37. The maximum atomic E-state index is 10.6. The largest absolute Gasteiger partial charge is 0.506 e. The molecule has 6 heteroatoms. The van der Waals surface area contributed by atoms with E-state index in [2.05, 4.69) is 9.97 Å². The van der Waals surface area contributed by atoms with Crippen LogP contribution in [-0.2, 0) is 0 Å². The van der Waals surface area contributed by atoms with E-state index in [1.807, 2.05) is 0 Å². The van der Waals surface area contributed by atoms with Crippen molar-refractivity contribution in [3.8, 4) is 11.6 Å². The normalized spacial score (nSPS) is 10.4. The molecule has 1 aromatic heterocycles. The van der Waals surface area contributed by atoms with Crippen LogP contribution in [0.15, 0.2) is 18.2 Å². The van der Waals surface area contributed by atoms with E-state index in [1.165, 1.54) is 18.2 Å². The van der Waals surface area contributed by atoms with Gasteiger partial charge in [0.25, 0.3) is 0 Å². The highest BCUT2D eigenvalue weighted by atomic mass is 16.4. The topological polar surface area (TPSA) is 104 Å². The summed E-state index contributed by atoms with van der Waals surface area (Å²) < 4.78 is 0. The van der Waals surface area contributed by atoms with E-state index in [1.54, 1.807) is 0 Å². The van der Waals surface area contributed by atoms with Crippen LogP contribution in [0.25, 0.3) is 10.9 Å². The smallest absolute Gasteiger partial charge is 0.374 e. The number of phenols is 1. The lowest BCUT2D eigenvalue weighted by molar-refractivity contribution is 0.0683. The fourth-order valence-electron chi connectivity index (χ4n) is 1.22. The number of nitrogens with zero attached hydrogens (tertiary/aromatic N) is 2. The fourth-order valence-corrected chi connectivity index (χ4v) is 1.22. The number of para-hydroxylation sites is 1. The maximum absolute atomic E-state index is 10.6. The number of hydrogen-bond acceptors (Lipinski definition) is 5. The molecular weight excluding hydrogens is 200 g/mol. The van der Waals surface area contributed by atoms with Gasteiger partial charge in [-0.1, -0.05) is 6.07 Å². The van der Waals surface area contributed by atoms with Crippen molar-refractivity contribution >= 4 is 16.9 Å². The molecule has 0 radical (unpaired) electrons. The van der Waals surface area contributed by atoms with Crippen molar-refractivity contribution < 1.29 is 20.1 Å². The van der Waals surface area contributed by atoms with Gasteiger partial charge in [0.2, 0.25) is 11.7 Å². The Morgan fingerprint density at radius 3 is 2.60 bits per heavy atom. The summed E-state index contributed by atoms with van der Waals surface area (Å²) in [5.74, 6) is -2.59. The predicted octanol–water partition coefficient (Wildman–Crippen LogP) is 0.739. The Bertz CT molecular complexity index is 553. The summed E-state index contributed by atoms with van der Waals surface area (Å²) in [4.78, 5) is 17.6. The number of carboxylic acids is 1. The van der Waals surface area contributed by atoms with Crippen LogP contribution in [-0.4, -0.2) is 31.3 Å². The van der Waals surface area contributed by atoms with Crippen molar-refractivity contribution in [3.63, 3.8) is 0 Å². The van der Waals surface area contributed by atoms with Gasteiger partial charge in [0.1, 0.15) is 11.3 Å². The highest BCUT2D eigenvalue weighted by Gasteiger charge is 2.13. The van der Waals surface area contributed by atoms with Crippen LogP contribution >= 0.6 is 0 Å². The molecule has 0 unspecified atom stereocenters. The van der Waals surface area contributed by atoms with E-state index in [0.717, 1.165) is 0 Å². The van der Waals surface area contributed by atoms with Gasteiger partial charge in [-0.3, -0.25) is 0 Å². The molecule has 0 spiro atoms. The standard InChI is InChI=1S/C9H6N2O4/c12-5-3-1-2-4-6(5)10-7(9(14)15)11-8(4)13/h1-3,12H,(H,14,15)(H,10,11,13). The van der Waals surface area contributed by atoms with Crippen LogP contribution in [0.2, 0.25) is 0 Å². The van der Waals surface area contributed by atoms with Crippen LogP contribution in [0.3, 0.4) is 0 Å². The summed E-state index contributed by atoms with van der Waals surface area (Å²) in [6.07, 6.45) is 0. The fraction of sp³-hybridized carbons (Fsp3) is 0. The first-order valence-electron chi connectivity index (χ1n) is 4.01. The van der Waals surface area contributed by atoms with E-state index >= 15 is 0 Å². The summed E-state index contributed by atoms with van der Waals surface area (Å²) in [6.45, 7) is 0. The van der Waals surface area contributed by atoms with E-state index in [4.69, 9.17) is 5.11 Å². The van der Waals surface area contributed by atoms with Gasteiger partial charge in [-0.2, -0.15) is 4.98 Å².